The molecule has 0 saturated heterocycles. The summed E-state index contributed by atoms with van der Waals surface area (Å²) in [6, 6.07) is -0.0600. The number of unbranched alkanes of at least 4 members (excludes halogenated alkanes) is 3. The first-order valence-electron chi connectivity index (χ1n) is 35.0. The third-order valence-corrected chi connectivity index (χ3v) is 17.1. The van der Waals surface area contributed by atoms with E-state index < -0.39 is 156 Å². The van der Waals surface area contributed by atoms with E-state index in [0.717, 1.165) is 0 Å². The number of rotatable bonds is 50. The van der Waals surface area contributed by atoms with Gasteiger partial charge in [-0.25, -0.2) is 4.79 Å². The molecule has 29 N–H and O–H groups in total. The van der Waals surface area contributed by atoms with Gasteiger partial charge in [-0.1, -0.05) is 89.1 Å². The van der Waals surface area contributed by atoms with Crippen LogP contribution in [0.5, 0.6) is 0 Å². The average molecular weight is 1450 g/mol. The van der Waals surface area contributed by atoms with Gasteiger partial charge in [-0.15, -0.1) is 0 Å². The summed E-state index contributed by atoms with van der Waals surface area (Å²) < 4.78 is 0. The SMILES string of the molecule is CCC(C)C(NC(=O)C(Cc1ccccc1)NC(=O)C(CC(=O)O)NC(=O)C(CCCCN)NC(=O)C(CCCCN)NC(=O)C(Cc1c[nH]c2ccccc12)NC(=O)C(CCCN=C(N)N)NC(=O)C(CCCN=C(N)N)NC(=O)C(N)CCCCN)C(=O)NC(C)C(=O)NC(C(=O)O)C(C)C. The van der Waals surface area contributed by atoms with Crippen molar-refractivity contribution in [2.45, 2.75) is 210 Å². The largest absolute Gasteiger partial charge is 0.481 e. The van der Waals surface area contributed by atoms with Crippen molar-refractivity contribution in [1.29, 1.82) is 0 Å². The number of benzene rings is 2. The van der Waals surface area contributed by atoms with Gasteiger partial charge in [0, 0.05) is 43.0 Å². The lowest BCUT2D eigenvalue weighted by Gasteiger charge is -2.29. The number of H-pyrrole nitrogens is 1. The van der Waals surface area contributed by atoms with Gasteiger partial charge in [-0.2, -0.15) is 0 Å². The normalized spacial score (nSPS) is 14.7. The number of hydrogen-bond acceptors (Lipinski definition) is 18. The van der Waals surface area contributed by atoms with Gasteiger partial charge in [-0.05, 0) is 133 Å². The summed E-state index contributed by atoms with van der Waals surface area (Å²) in [5, 5.41) is 46.8. The van der Waals surface area contributed by atoms with Gasteiger partial charge < -0.3 is 114 Å². The maximum atomic E-state index is 15.1. The van der Waals surface area contributed by atoms with Gasteiger partial charge in [0.25, 0.3) is 0 Å². The number of hydrogen-bond donors (Lipinski definition) is 21. The molecule has 12 atom stereocenters. The Bertz CT molecular complexity index is 3310. The number of nitrogens with one attached hydrogen (secondary N) is 11. The Balaban J connectivity index is 2.07. The highest BCUT2D eigenvalue weighted by molar-refractivity contribution is 6.00. The van der Waals surface area contributed by atoms with Crippen molar-refractivity contribution in [3.8, 4) is 0 Å². The van der Waals surface area contributed by atoms with E-state index in [4.69, 9.17) is 45.9 Å². The lowest BCUT2D eigenvalue weighted by atomic mass is 9.96. The van der Waals surface area contributed by atoms with Crippen LogP contribution in [0.1, 0.15) is 142 Å². The molecule has 35 heteroatoms. The van der Waals surface area contributed by atoms with Crippen LogP contribution in [0.2, 0.25) is 0 Å². The first-order valence-corrected chi connectivity index (χ1v) is 35.0. The number of fused-ring (bicyclic) bond motifs is 1. The van der Waals surface area contributed by atoms with Crippen LogP contribution in [0.25, 0.3) is 10.9 Å². The van der Waals surface area contributed by atoms with Crippen LogP contribution in [0, 0.1) is 11.8 Å². The molecule has 1 heterocycles. The molecule has 2 aromatic carbocycles. The van der Waals surface area contributed by atoms with Crippen molar-refractivity contribution in [3.63, 3.8) is 0 Å². The predicted molar refractivity (Wildman–Crippen MR) is 388 cm³/mol. The lowest BCUT2D eigenvalue weighted by Crippen LogP contribution is -2.61. The minimum Gasteiger partial charge on any atom is -0.481 e. The van der Waals surface area contributed by atoms with Crippen LogP contribution >= 0.6 is 0 Å². The van der Waals surface area contributed by atoms with E-state index in [9.17, 15) is 63.0 Å². The maximum absolute atomic E-state index is 15.1. The van der Waals surface area contributed by atoms with Crippen LogP contribution in [-0.4, -0.2) is 197 Å². The number of nitrogens with two attached hydrogens (primary N) is 8. The summed E-state index contributed by atoms with van der Waals surface area (Å²) in [4.78, 5) is 179. The first kappa shape index (κ1) is 87.2. The molecule has 103 heavy (non-hydrogen) atoms. The zero-order valence-electron chi connectivity index (χ0n) is 59.6. The summed E-state index contributed by atoms with van der Waals surface area (Å²) in [7, 11) is 0. The fraction of sp³-hybridized carbons (Fsp3) is 0.588. The van der Waals surface area contributed by atoms with Gasteiger partial charge in [0.2, 0.25) is 59.1 Å². The number of carboxylic acids is 2. The van der Waals surface area contributed by atoms with Gasteiger partial charge in [0.05, 0.1) is 12.5 Å². The predicted octanol–water partition coefficient (Wildman–Crippen LogP) is -3.10. The molecule has 35 nitrogen and oxygen atoms in total. The molecule has 0 aliphatic carbocycles. The van der Waals surface area contributed by atoms with E-state index in [1.54, 1.807) is 88.5 Å². The van der Waals surface area contributed by atoms with Crippen molar-refractivity contribution in [1.82, 2.24) is 58.2 Å². The van der Waals surface area contributed by atoms with Crippen LogP contribution in [0.4, 0.5) is 0 Å². The fourth-order valence-corrected chi connectivity index (χ4v) is 10.9. The average Bonchev–Trinajstić information content (AvgIpc) is 1.75. The smallest absolute Gasteiger partial charge is 0.326 e. The van der Waals surface area contributed by atoms with Crippen LogP contribution in [-0.2, 0) is 70.4 Å². The number of para-hydroxylation sites is 1. The number of aliphatic carboxylic acids is 2. The monoisotopic (exact) mass is 1450 g/mol. The van der Waals surface area contributed by atoms with Crippen molar-refractivity contribution >= 4 is 93.8 Å². The Morgan fingerprint density at radius 2 is 0.854 bits per heavy atom. The van der Waals surface area contributed by atoms with E-state index in [2.05, 4.69) is 68.1 Å². The third-order valence-electron chi connectivity index (χ3n) is 17.1. The van der Waals surface area contributed by atoms with Crippen LogP contribution in [0.15, 0.2) is 70.8 Å². The Kier molecular flexibility index (Phi) is 39.4. The third kappa shape index (κ3) is 31.8. The highest BCUT2D eigenvalue weighted by atomic mass is 16.4. The molecule has 0 bridgehead atoms. The molecule has 3 aromatic rings. The number of nitrogens with zero attached hydrogens (tertiary/aromatic N) is 2. The van der Waals surface area contributed by atoms with Crippen molar-refractivity contribution < 1.29 is 67.7 Å². The van der Waals surface area contributed by atoms with Crippen molar-refractivity contribution in [2.24, 2.45) is 67.7 Å². The number of carbonyl (C=O) groups is 12. The number of amides is 10. The number of guanidine groups is 2. The Morgan fingerprint density at radius 1 is 0.447 bits per heavy atom. The maximum Gasteiger partial charge on any atom is 0.326 e. The molecular formula is C68H111N21O14. The fourth-order valence-electron chi connectivity index (χ4n) is 10.9. The summed E-state index contributed by atoms with van der Waals surface area (Å²) >= 11 is 0. The first-order chi connectivity index (χ1) is 48.9. The number of aromatic amines is 1. The van der Waals surface area contributed by atoms with E-state index >= 15 is 4.79 Å². The molecular weight excluding hydrogens is 1330 g/mol. The molecule has 572 valence electrons. The second-order valence-corrected chi connectivity index (χ2v) is 25.8. The van der Waals surface area contributed by atoms with Crippen molar-refractivity contribution in [2.75, 3.05) is 32.7 Å². The molecule has 1 aromatic heterocycles. The highest BCUT2D eigenvalue weighted by Gasteiger charge is 2.38. The molecule has 0 aliphatic rings. The zero-order chi connectivity index (χ0) is 76.7. The highest BCUT2D eigenvalue weighted by Crippen LogP contribution is 2.21. The number of aromatic nitrogens is 1. The minimum atomic E-state index is -1.91. The zero-order valence-corrected chi connectivity index (χ0v) is 59.6. The molecule has 10 amide bonds. The second kappa shape index (κ2) is 46.5. The standard InChI is InChI=1S/C68H111N21O14/c1-6-39(4)55(65(101)80-40(5)56(92)88-54(38(2)3)66(102)103)89-64(100)50(34-41-20-8-7-9-21-41)85-63(99)52(36-53(90)91)87-60(96)47(26-14-17-31-71)82-58(94)46(25-13-16-30-70)84-62(98)51(35-42-37-79-45-24-11-10-22-43(42)45)86-61(97)49(28-19-33-78-68(75)76)83-59(95)48(27-18-32-77-67(73)74)81-57(93)44(72)23-12-15-29-69/h7-11,20-22,24,37-40,44,46-52,54-55,79H,6,12-19,23,25-36,69-72H2,1-5H3,(H,80,101)(H,81,93)(H,82,94)(H,83,95)(H,84,98)(H,85,99)(H,86,97)(H,87,96)(H,88,92)(H,89,100)(H,90,91)(H,102,103)(H4,73,74,77)(H4,75,76,78). The van der Waals surface area contributed by atoms with Gasteiger partial charge in [0.15, 0.2) is 11.9 Å². The van der Waals surface area contributed by atoms with Gasteiger partial charge in [-0.3, -0.25) is 62.7 Å². The van der Waals surface area contributed by atoms with Gasteiger partial charge >= 0.3 is 11.9 Å². The van der Waals surface area contributed by atoms with Crippen LogP contribution < -0.4 is 99.0 Å². The topological polar surface area (TPSA) is 614 Å². The molecule has 0 radical (unpaired) electrons. The molecule has 0 fully saturated rings. The Hall–Kier alpha value is -10.00. The van der Waals surface area contributed by atoms with Crippen LogP contribution in [0.3, 0.4) is 0 Å². The number of aliphatic imine (C=N–C) groups is 2. The van der Waals surface area contributed by atoms with E-state index in [1.165, 1.54) is 6.92 Å². The van der Waals surface area contributed by atoms with E-state index in [1.807, 2.05) is 0 Å². The lowest BCUT2D eigenvalue weighted by molar-refractivity contribution is -0.143. The molecule has 3 rings (SSSR count). The second-order valence-electron chi connectivity index (χ2n) is 25.8. The number of carboxylic acid groups (broad SMARTS) is 2. The quantitative estimate of drug-likeness (QED) is 0.0151. The molecule has 12 unspecified atom stereocenters. The number of carbonyl (C=O) groups excluding carboxylic acids is 10. The van der Waals surface area contributed by atoms with Gasteiger partial charge in [0.1, 0.15) is 60.4 Å². The van der Waals surface area contributed by atoms with Crippen molar-refractivity contribution in [3.05, 3.63) is 71.9 Å². The summed E-state index contributed by atoms with van der Waals surface area (Å²) in [5.74, 6) is -13.3. The summed E-state index contributed by atoms with van der Waals surface area (Å²) in [5.41, 5.74) is 47.7. The Morgan fingerprint density at radius 3 is 1.32 bits per heavy atom. The molecule has 0 spiro atoms. The van der Waals surface area contributed by atoms with E-state index in [-0.39, 0.29) is 109 Å². The molecule has 0 saturated carbocycles. The Labute approximate surface area is 600 Å². The van der Waals surface area contributed by atoms with E-state index in [0.29, 0.717) is 60.7 Å². The molecule has 0 aliphatic heterocycles. The summed E-state index contributed by atoms with van der Waals surface area (Å²) in [6.45, 7) is 8.70. The summed E-state index contributed by atoms with van der Waals surface area (Å²) in [6.07, 6.45) is 3.03. The minimum absolute atomic E-state index is 0.00912.